The zero-order valence-corrected chi connectivity index (χ0v) is 47.9. The molecule has 11 rings (SSSR count). The number of para-hydroxylation sites is 4. The van der Waals surface area contributed by atoms with E-state index in [0.717, 1.165) is 33.5 Å². The van der Waals surface area contributed by atoms with Gasteiger partial charge in [-0.2, -0.15) is 0 Å². The summed E-state index contributed by atoms with van der Waals surface area (Å²) in [6.45, 7) is 4.32. The van der Waals surface area contributed by atoms with Crippen LogP contribution in [0.3, 0.4) is 0 Å². The first-order valence-corrected chi connectivity index (χ1v) is 28.2. The Labute approximate surface area is 471 Å². The predicted octanol–water partition coefficient (Wildman–Crippen LogP) is 16.1. The molecule has 0 aliphatic heterocycles. The molecule has 1 unspecified atom stereocenters. The van der Waals surface area contributed by atoms with E-state index in [1.54, 1.807) is 0 Å². The second-order valence-corrected chi connectivity index (χ2v) is 22.8. The number of unbranched alkanes of at least 4 members (excludes halogenated alkanes) is 1. The molecule has 0 amide bonds. The van der Waals surface area contributed by atoms with E-state index in [0.29, 0.717) is 0 Å². The van der Waals surface area contributed by atoms with Crippen molar-refractivity contribution < 1.29 is 44.8 Å². The Kier molecular flexibility index (Phi) is 20.7. The second-order valence-electron chi connectivity index (χ2n) is 17.6. The van der Waals surface area contributed by atoms with Gasteiger partial charge in [0.05, 0.1) is 60.4 Å². The van der Waals surface area contributed by atoms with Crippen molar-refractivity contribution in [3.05, 3.63) is 284 Å². The van der Waals surface area contributed by atoms with Gasteiger partial charge in [0.1, 0.15) is 0 Å². The number of benzene rings is 9. The normalized spacial score (nSPS) is 11.4. The van der Waals surface area contributed by atoms with Crippen LogP contribution in [-0.2, 0) is 44.8 Å². The van der Waals surface area contributed by atoms with Crippen molar-refractivity contribution in [3.63, 3.8) is 0 Å². The molecule has 0 aliphatic carbocycles. The maximum atomic E-state index is 7.37. The van der Waals surface area contributed by atoms with Crippen LogP contribution in [0.25, 0.3) is 55.0 Å². The Bertz CT molecular complexity index is 3480. The summed E-state index contributed by atoms with van der Waals surface area (Å²) in [7, 11) is -1.43. The summed E-state index contributed by atoms with van der Waals surface area (Å²) >= 11 is 0. The Hall–Kier alpha value is -6.48. The van der Waals surface area contributed by atoms with Crippen LogP contribution in [0.2, 0.25) is 0 Å². The van der Waals surface area contributed by atoms with Gasteiger partial charge in [-0.05, 0) is 112 Å². The van der Waals surface area contributed by atoms with E-state index in [4.69, 9.17) is 12.8 Å². The smallest absolute Gasteiger partial charge is 0.366 e. The van der Waals surface area contributed by atoms with E-state index in [9.17, 15) is 0 Å². The van der Waals surface area contributed by atoms with E-state index in [-0.39, 0.29) is 44.8 Å². The number of hydrogen-bond donors (Lipinski definition) is 0. The van der Waals surface area contributed by atoms with Crippen LogP contribution in [0.5, 0.6) is 0 Å². The maximum absolute atomic E-state index is 7.37. The molecular formula is C68H58Au2N2P2+2. The summed E-state index contributed by atoms with van der Waals surface area (Å²) in [4.78, 5) is 0. The molecule has 2 heterocycles. The van der Waals surface area contributed by atoms with Gasteiger partial charge in [0.2, 0.25) is 0 Å². The summed E-state index contributed by atoms with van der Waals surface area (Å²) in [5.74, 6) is 4.96. The number of hydrogen-bond acceptors (Lipinski definition) is 0. The van der Waals surface area contributed by atoms with Gasteiger partial charge < -0.3 is 22.0 Å². The van der Waals surface area contributed by atoms with Crippen LogP contribution >= 0.6 is 15.8 Å². The van der Waals surface area contributed by atoms with Gasteiger partial charge in [-0.3, -0.25) is 11.8 Å². The third-order valence-electron chi connectivity index (χ3n) is 13.1. The largest absolute Gasteiger partial charge is 1.00 e. The molecule has 0 fully saturated rings. The van der Waals surface area contributed by atoms with Gasteiger partial charge in [-0.15, -0.1) is 35.4 Å². The molecule has 9 aromatic carbocycles. The maximum Gasteiger partial charge on any atom is 1.00 e. The molecule has 11 aromatic rings. The summed E-state index contributed by atoms with van der Waals surface area (Å²) in [5.41, 5.74) is 8.43. The molecule has 0 N–H and O–H groups in total. The van der Waals surface area contributed by atoms with Crippen LogP contribution in [0.1, 0.15) is 37.8 Å². The van der Waals surface area contributed by atoms with Crippen molar-refractivity contribution in [2.24, 2.45) is 0 Å². The van der Waals surface area contributed by atoms with Gasteiger partial charge in [0.25, 0.3) is 0 Å². The Morgan fingerprint density at radius 1 is 0.419 bits per heavy atom. The first kappa shape index (κ1) is 55.3. The zero-order chi connectivity index (χ0) is 49.5. The van der Waals surface area contributed by atoms with Gasteiger partial charge in [-0.25, -0.2) is 0 Å². The second kappa shape index (κ2) is 27.7. The van der Waals surface area contributed by atoms with Crippen LogP contribution < -0.4 is 15.9 Å². The number of nitrogens with zero attached hydrogens (tertiary/aromatic N) is 2. The van der Waals surface area contributed by atoms with E-state index >= 15 is 0 Å². The van der Waals surface area contributed by atoms with E-state index in [2.05, 4.69) is 229 Å². The molecule has 0 spiro atoms. The zero-order valence-electron chi connectivity index (χ0n) is 41.6. The molecule has 0 saturated heterocycles. The monoisotopic (exact) mass is 1360 g/mol. The molecule has 370 valence electrons. The van der Waals surface area contributed by atoms with Crippen LogP contribution in [0.15, 0.2) is 260 Å². The molecule has 0 saturated carbocycles. The van der Waals surface area contributed by atoms with Crippen molar-refractivity contribution in [2.75, 3.05) is 12.3 Å². The molecule has 0 radical (unpaired) electrons. The van der Waals surface area contributed by atoms with E-state index in [1.807, 2.05) is 60.7 Å². The SMILES string of the molecule is C/C=C\C(=C/C)[PH+](CCCC[PH+](c1ccccc1)c1ccccc1)c1ccccc1.[Au+].[Au+].[C-]#Cc1ccc2c3ccccc3n(-c3ccccc3)c2c1.[C-]#Cc1ccc2c3ccccc3n(-c3ccccc3)c2c1. The number of allylic oxidation sites excluding steroid dienone is 4. The summed E-state index contributed by atoms with van der Waals surface area (Å²) in [5, 5.41) is 11.0. The Balaban J connectivity index is 0.000000163. The van der Waals surface area contributed by atoms with Gasteiger partial charge in [0, 0.05) is 44.0 Å². The van der Waals surface area contributed by atoms with E-state index in [1.165, 1.54) is 79.0 Å². The minimum Gasteiger partial charge on any atom is -0.366 e. The van der Waals surface area contributed by atoms with Crippen molar-refractivity contribution in [1.82, 2.24) is 9.13 Å². The average molecular weight is 1360 g/mol. The third kappa shape index (κ3) is 12.9. The Morgan fingerprint density at radius 3 is 1.19 bits per heavy atom. The van der Waals surface area contributed by atoms with Gasteiger partial charge in [0.15, 0.2) is 0 Å². The van der Waals surface area contributed by atoms with Crippen molar-refractivity contribution >= 4 is 75.4 Å². The van der Waals surface area contributed by atoms with Crippen molar-refractivity contribution in [2.45, 2.75) is 26.7 Å². The first-order valence-electron chi connectivity index (χ1n) is 24.8. The fourth-order valence-electron chi connectivity index (χ4n) is 9.79. The molecule has 0 bridgehead atoms. The third-order valence-corrected chi connectivity index (χ3v) is 19.1. The van der Waals surface area contributed by atoms with Gasteiger partial charge in [-0.1, -0.05) is 146 Å². The number of rotatable bonds is 12. The minimum absolute atomic E-state index is 0. The van der Waals surface area contributed by atoms with E-state index < -0.39 is 15.8 Å². The number of fused-ring (bicyclic) bond motifs is 6. The molecule has 2 nitrogen and oxygen atoms in total. The molecule has 0 aliphatic rings. The molecule has 1 atom stereocenters. The first-order chi connectivity index (χ1) is 35.6. The summed E-state index contributed by atoms with van der Waals surface area (Å²) in [6, 6.07) is 83.0. The predicted molar refractivity (Wildman–Crippen MR) is 316 cm³/mol. The minimum atomic E-state index is -0.714. The quantitative estimate of drug-likeness (QED) is 0.0288. The van der Waals surface area contributed by atoms with Crippen molar-refractivity contribution in [1.29, 1.82) is 0 Å². The molecular weight excluding hydrogens is 1300 g/mol. The molecule has 74 heavy (non-hydrogen) atoms. The van der Waals surface area contributed by atoms with Crippen LogP contribution in [0.4, 0.5) is 0 Å². The molecule has 6 heteroatoms. The van der Waals surface area contributed by atoms with Crippen LogP contribution in [-0.4, -0.2) is 21.5 Å². The average Bonchev–Trinajstić information content (AvgIpc) is 3.97. The fraction of sp³-hybridized carbons (Fsp3) is 0.0882. The van der Waals surface area contributed by atoms with Gasteiger partial charge >= 0.3 is 44.8 Å². The summed E-state index contributed by atoms with van der Waals surface area (Å²) < 4.78 is 4.48. The standard InChI is InChI=1S/C28H32P2.2C20H12N.2Au/c1-3-16-25(4-2)29(26-17-8-5-9-18-26)23-14-15-24-30(27-19-10-6-11-20-27)28-21-12-7-13-22-28;2*1-2-15-12-13-18-17-10-6-7-11-19(17)21(20(18)14-15)16-8-4-3-5-9-16;;/h3-13,16-22H,14-15,23-24H2,1-2H3;2*3-14H;;/q;2*-1;2*+1/p+2/b16-3-,25-4+;;;;. The Morgan fingerprint density at radius 2 is 0.784 bits per heavy atom. The summed E-state index contributed by atoms with van der Waals surface area (Å²) in [6.07, 6.45) is 26.8. The molecule has 2 aromatic heterocycles. The topological polar surface area (TPSA) is 9.86 Å². The van der Waals surface area contributed by atoms with Crippen molar-refractivity contribution in [3.8, 4) is 23.2 Å². The van der Waals surface area contributed by atoms with Crippen LogP contribution in [0, 0.1) is 24.7 Å². The number of aromatic nitrogens is 2. The fourth-order valence-corrected chi connectivity index (χ4v) is 15.3.